The Kier molecular flexibility index (Phi) is 8.93. The molecule has 3 aromatic rings. The molecule has 2 aromatic heterocycles. The summed E-state index contributed by atoms with van der Waals surface area (Å²) in [7, 11) is 1.53. The molecule has 5 atom stereocenters. The van der Waals surface area contributed by atoms with Crippen LogP contribution in [-0.2, 0) is 16.1 Å². The summed E-state index contributed by atoms with van der Waals surface area (Å²) in [6, 6.07) is 6.86. The topological polar surface area (TPSA) is 180 Å². The van der Waals surface area contributed by atoms with Crippen molar-refractivity contribution in [2.75, 3.05) is 25.5 Å². The molecule has 0 unspecified atom stereocenters. The Morgan fingerprint density at radius 3 is 2.86 bits per heavy atom. The molecule has 2 aliphatic carbocycles. The normalized spacial score (nSPS) is 24.0. The quantitative estimate of drug-likeness (QED) is 0.140. The van der Waals surface area contributed by atoms with E-state index in [4.69, 9.17) is 17.3 Å². The number of unbranched alkanes of at least 4 members (excludes halogenated alkanes) is 2. The van der Waals surface area contributed by atoms with Crippen LogP contribution in [0.4, 0.5) is 5.82 Å². The van der Waals surface area contributed by atoms with Gasteiger partial charge in [0.05, 0.1) is 23.9 Å². The van der Waals surface area contributed by atoms with Gasteiger partial charge in [-0.2, -0.15) is 0 Å². The number of rotatable bonds is 11. The second-order valence-corrected chi connectivity index (χ2v) is 11.1. The highest BCUT2D eigenvalue weighted by molar-refractivity contribution is 6.30. The molecule has 13 heteroatoms. The monoisotopic (exact) mass is 594 g/mol. The lowest BCUT2D eigenvalue weighted by Gasteiger charge is -2.23. The highest BCUT2D eigenvalue weighted by atomic mass is 35.5. The zero-order valence-corrected chi connectivity index (χ0v) is 24.1. The van der Waals surface area contributed by atoms with Crippen LogP contribution < -0.4 is 21.7 Å². The predicted molar refractivity (Wildman–Crippen MR) is 157 cm³/mol. The molecule has 2 heterocycles. The maximum atomic E-state index is 12.6. The zero-order chi connectivity index (χ0) is 29.9. The summed E-state index contributed by atoms with van der Waals surface area (Å²) in [4.78, 5) is 38.3. The van der Waals surface area contributed by atoms with E-state index in [1.54, 1.807) is 17.0 Å². The summed E-state index contributed by atoms with van der Waals surface area (Å²) in [5.74, 6) is 6.26. The average molecular weight is 595 g/mol. The van der Waals surface area contributed by atoms with Gasteiger partial charge in [0.15, 0.2) is 17.0 Å². The minimum absolute atomic E-state index is 0.0267. The van der Waals surface area contributed by atoms with Gasteiger partial charge in [-0.3, -0.25) is 9.59 Å². The minimum atomic E-state index is -1.20. The van der Waals surface area contributed by atoms with Gasteiger partial charge in [0.25, 0.3) is 0 Å². The maximum absolute atomic E-state index is 12.6. The van der Waals surface area contributed by atoms with E-state index in [0.29, 0.717) is 67.3 Å². The molecule has 0 spiro atoms. The summed E-state index contributed by atoms with van der Waals surface area (Å²) in [6.45, 7) is 1.30. The summed E-state index contributed by atoms with van der Waals surface area (Å²) >= 11 is 6.16. The van der Waals surface area contributed by atoms with Crippen LogP contribution in [0.1, 0.15) is 49.5 Å². The third kappa shape index (κ3) is 5.78. The van der Waals surface area contributed by atoms with E-state index >= 15 is 0 Å². The van der Waals surface area contributed by atoms with Crippen molar-refractivity contribution in [1.82, 2.24) is 30.2 Å². The molecule has 2 amide bonds. The number of benzene rings is 1. The molecule has 2 aliphatic rings. The number of carbonyl (C=O) groups excluding carboxylic acids is 2. The Bertz CT molecular complexity index is 1530. The van der Waals surface area contributed by atoms with Crippen LogP contribution in [0.15, 0.2) is 30.6 Å². The molecule has 0 saturated heterocycles. The molecular formula is C29H35ClN8O4. The molecule has 2 fully saturated rings. The molecule has 0 bridgehead atoms. The number of halogens is 1. The van der Waals surface area contributed by atoms with Crippen LogP contribution in [0, 0.1) is 23.2 Å². The van der Waals surface area contributed by atoms with E-state index < -0.39 is 23.7 Å². The van der Waals surface area contributed by atoms with Crippen LogP contribution in [0.25, 0.3) is 11.2 Å². The summed E-state index contributed by atoms with van der Waals surface area (Å²) < 4.78 is 1.73. The zero-order valence-electron chi connectivity index (χ0n) is 23.3. The van der Waals surface area contributed by atoms with Crippen molar-refractivity contribution >= 4 is 40.4 Å². The number of anilines is 1. The number of aliphatic hydroxyl groups is 2. The van der Waals surface area contributed by atoms with Crippen LogP contribution in [0.5, 0.6) is 0 Å². The Morgan fingerprint density at radius 2 is 2.10 bits per heavy atom. The average Bonchev–Trinajstić information content (AvgIpc) is 3.52. The number of hydrogen-bond acceptors (Lipinski definition) is 9. The number of fused-ring (bicyclic) bond motifs is 2. The number of aromatic nitrogens is 4. The summed E-state index contributed by atoms with van der Waals surface area (Å²) in [5.41, 5.74) is 6.24. The molecular weight excluding hydrogens is 560 g/mol. The predicted octanol–water partition coefficient (Wildman–Crippen LogP) is 1.11. The van der Waals surface area contributed by atoms with Crippen molar-refractivity contribution in [2.45, 2.75) is 56.9 Å². The number of hydrogen-bond donors (Lipinski definition) is 6. The lowest BCUT2D eigenvalue weighted by Crippen LogP contribution is -2.41. The van der Waals surface area contributed by atoms with Crippen LogP contribution in [0.3, 0.4) is 0 Å². The molecule has 5 rings (SSSR count). The number of imidazole rings is 1. The Balaban J connectivity index is 1.40. The van der Waals surface area contributed by atoms with Gasteiger partial charge in [0, 0.05) is 50.5 Å². The number of nitrogens with zero attached hydrogens (tertiary/aromatic N) is 4. The lowest BCUT2D eigenvalue weighted by atomic mass is 9.98. The van der Waals surface area contributed by atoms with E-state index in [-0.39, 0.29) is 23.6 Å². The van der Waals surface area contributed by atoms with Crippen LogP contribution in [-0.4, -0.2) is 73.9 Å². The third-order valence-electron chi connectivity index (χ3n) is 8.04. The molecule has 222 valence electrons. The molecule has 2 saturated carbocycles. The third-order valence-corrected chi connectivity index (χ3v) is 8.27. The molecule has 7 N–H and O–H groups in total. The largest absolute Gasteiger partial charge is 0.389 e. The van der Waals surface area contributed by atoms with Crippen molar-refractivity contribution in [3.8, 4) is 11.8 Å². The van der Waals surface area contributed by atoms with Gasteiger partial charge in [-0.25, -0.2) is 15.0 Å². The Labute approximate surface area is 248 Å². The highest BCUT2D eigenvalue weighted by Crippen LogP contribution is 2.67. The summed E-state index contributed by atoms with van der Waals surface area (Å²) in [5, 5.41) is 31.2. The van der Waals surface area contributed by atoms with Crippen LogP contribution in [0.2, 0.25) is 5.02 Å². The number of amides is 2. The Morgan fingerprint density at radius 1 is 1.26 bits per heavy atom. The van der Waals surface area contributed by atoms with Crippen molar-refractivity contribution < 1.29 is 19.8 Å². The first-order valence-electron chi connectivity index (χ1n) is 14.1. The van der Waals surface area contributed by atoms with E-state index in [1.165, 1.54) is 7.05 Å². The molecule has 0 aliphatic heterocycles. The Hall–Kier alpha value is -3.76. The first kappa shape index (κ1) is 29.7. The molecule has 12 nitrogen and oxygen atoms in total. The maximum Gasteiger partial charge on any atom is 0.229 e. The smallest absolute Gasteiger partial charge is 0.229 e. The van der Waals surface area contributed by atoms with Gasteiger partial charge < -0.3 is 36.5 Å². The highest BCUT2D eigenvalue weighted by Gasteiger charge is 2.75. The van der Waals surface area contributed by atoms with Crippen molar-refractivity contribution in [3.63, 3.8) is 0 Å². The van der Waals surface area contributed by atoms with Crippen LogP contribution >= 0.6 is 11.6 Å². The second-order valence-electron chi connectivity index (χ2n) is 10.7. The van der Waals surface area contributed by atoms with Crippen molar-refractivity contribution in [1.29, 1.82) is 0 Å². The number of nitrogens with two attached hydrogens (primary N) is 1. The van der Waals surface area contributed by atoms with E-state index in [2.05, 4.69) is 42.7 Å². The van der Waals surface area contributed by atoms with Gasteiger partial charge in [-0.15, -0.1) is 0 Å². The standard InChI is InChI=1S/C29H35ClN8O4/c1-32-28(42)29-14-19(29)23(24(40)25(29)41)38-16-35-22-26(34-15-17-7-6-8-18(30)13-17)36-20(37-27(22)38)9-4-2-3-5-10-21(39)33-12-11-31/h6-8,13,16,19,23-25,40-41H,2-3,5,10-12,14-15,31H2,1H3,(H,32,42)(H,33,39)(H,34,36,37)/t19-,23-,24+,25+,29-/m1/s1. The molecule has 42 heavy (non-hydrogen) atoms. The lowest BCUT2D eigenvalue weighted by molar-refractivity contribution is -0.132. The SMILES string of the molecule is CNC(=O)[C@]12C[C@@H]1[C@@H](n1cnc3c(NCc4cccc(Cl)c4)nc(C#CCCCCC(=O)NCCN)nc31)[C@H](O)[C@@H]2O. The van der Waals surface area contributed by atoms with Gasteiger partial charge in [-0.1, -0.05) is 29.7 Å². The second kappa shape index (κ2) is 12.6. The van der Waals surface area contributed by atoms with Gasteiger partial charge in [-0.05, 0) is 42.9 Å². The first-order chi connectivity index (χ1) is 20.3. The summed E-state index contributed by atoms with van der Waals surface area (Å²) in [6.07, 6.45) is 2.04. The van der Waals surface area contributed by atoms with Crippen molar-refractivity contribution in [3.05, 3.63) is 47.0 Å². The van der Waals surface area contributed by atoms with Gasteiger partial charge >= 0.3 is 0 Å². The molecule has 1 aromatic carbocycles. The fraction of sp³-hybridized carbons (Fsp3) is 0.483. The van der Waals surface area contributed by atoms with Gasteiger partial charge in [0.1, 0.15) is 6.10 Å². The fourth-order valence-electron chi connectivity index (χ4n) is 5.87. The minimum Gasteiger partial charge on any atom is -0.389 e. The van der Waals surface area contributed by atoms with E-state index in [1.807, 2.05) is 18.2 Å². The number of carbonyl (C=O) groups is 2. The van der Waals surface area contributed by atoms with Gasteiger partial charge in [0.2, 0.25) is 17.6 Å². The number of aliphatic hydroxyl groups excluding tert-OH is 2. The fourth-order valence-corrected chi connectivity index (χ4v) is 6.09. The molecule has 0 radical (unpaired) electrons. The first-order valence-corrected chi connectivity index (χ1v) is 14.4. The van der Waals surface area contributed by atoms with Crippen molar-refractivity contribution in [2.24, 2.45) is 17.1 Å². The number of nitrogens with one attached hydrogen (secondary N) is 3. The van der Waals surface area contributed by atoms with E-state index in [9.17, 15) is 19.8 Å². The van der Waals surface area contributed by atoms with E-state index in [0.717, 1.165) is 12.0 Å².